The number of carbonyl (C=O) groups excluding carboxylic acids is 1. The number of nitrogens with one attached hydrogen (secondary N) is 1. The zero-order valence-corrected chi connectivity index (χ0v) is 17.0. The Morgan fingerprint density at radius 2 is 1.64 bits per heavy atom. The average molecular weight is 378 g/mol. The highest BCUT2D eigenvalue weighted by Gasteiger charge is 2.45. The summed E-state index contributed by atoms with van der Waals surface area (Å²) in [6.07, 6.45) is 6.79. The van der Waals surface area contributed by atoms with Crippen LogP contribution in [-0.4, -0.2) is 11.5 Å². The molecule has 0 radical (unpaired) electrons. The number of fused-ring (bicyclic) bond motifs is 1. The summed E-state index contributed by atoms with van der Waals surface area (Å²) in [5.74, 6) is 1.10. The van der Waals surface area contributed by atoms with E-state index in [1.807, 2.05) is 36.4 Å². The van der Waals surface area contributed by atoms with E-state index < -0.39 is 5.41 Å². The molecule has 1 aliphatic carbocycles. The van der Waals surface area contributed by atoms with Crippen LogP contribution in [0.5, 0.6) is 5.75 Å². The third kappa shape index (κ3) is 3.21. The number of hydrogen-bond donors (Lipinski definition) is 1. The minimum absolute atomic E-state index is 0.00135. The van der Waals surface area contributed by atoms with E-state index >= 15 is 0 Å². The van der Waals surface area contributed by atoms with Crippen LogP contribution in [0.25, 0.3) is 0 Å². The molecule has 1 amide bonds. The summed E-state index contributed by atoms with van der Waals surface area (Å²) >= 11 is 0. The summed E-state index contributed by atoms with van der Waals surface area (Å²) in [6, 6.07) is 18.5. The van der Waals surface area contributed by atoms with Gasteiger partial charge in [0.1, 0.15) is 11.4 Å². The molecule has 0 spiro atoms. The first-order valence-electron chi connectivity index (χ1n) is 10.8. The third-order valence-electron chi connectivity index (χ3n) is 7.01. The number of benzene rings is 2. The van der Waals surface area contributed by atoms with Gasteiger partial charge in [0.15, 0.2) is 0 Å². The maximum Gasteiger partial charge on any atom is 0.231 e. The van der Waals surface area contributed by atoms with Crippen LogP contribution in [0.3, 0.4) is 0 Å². The Hall–Kier alpha value is -2.29. The van der Waals surface area contributed by atoms with Crippen molar-refractivity contribution in [3.8, 4) is 5.75 Å². The number of para-hydroxylation sites is 1. The van der Waals surface area contributed by atoms with E-state index in [0.29, 0.717) is 0 Å². The zero-order chi connectivity index (χ0) is 19.6. The first-order valence-corrected chi connectivity index (χ1v) is 10.8. The van der Waals surface area contributed by atoms with Crippen LogP contribution in [0.2, 0.25) is 0 Å². The van der Waals surface area contributed by atoms with Crippen LogP contribution >= 0.6 is 0 Å². The Labute approximate surface area is 168 Å². The Bertz CT molecular complexity index is 819. The van der Waals surface area contributed by atoms with E-state index in [2.05, 4.69) is 37.4 Å². The molecule has 1 fully saturated rings. The fraction of sp³-hybridized carbons (Fsp3) is 0.480. The zero-order valence-electron chi connectivity index (χ0n) is 17.0. The number of carbonyl (C=O) groups is 1. The topological polar surface area (TPSA) is 38.3 Å². The maximum absolute atomic E-state index is 13.7. The van der Waals surface area contributed by atoms with E-state index in [1.54, 1.807) is 0 Å². The first-order chi connectivity index (χ1) is 13.6. The van der Waals surface area contributed by atoms with E-state index in [-0.39, 0.29) is 17.6 Å². The lowest BCUT2D eigenvalue weighted by atomic mass is 9.77. The molecule has 4 rings (SSSR count). The minimum Gasteiger partial charge on any atom is -0.487 e. The van der Waals surface area contributed by atoms with Crippen LogP contribution in [-0.2, 0) is 10.2 Å². The van der Waals surface area contributed by atoms with Gasteiger partial charge in [-0.2, -0.15) is 0 Å². The van der Waals surface area contributed by atoms with Gasteiger partial charge in [-0.3, -0.25) is 4.79 Å². The SMILES string of the molecule is CCC1(CC)C[C@H](NC(=O)C2(c3ccccc3)CCCC2)c2ccccc2O1. The molecule has 0 bridgehead atoms. The monoisotopic (exact) mass is 377 g/mol. The molecule has 1 heterocycles. The van der Waals surface area contributed by atoms with Crippen molar-refractivity contribution in [1.82, 2.24) is 5.32 Å². The Balaban J connectivity index is 1.66. The Morgan fingerprint density at radius 1 is 1.00 bits per heavy atom. The van der Waals surface area contributed by atoms with Crippen molar-refractivity contribution in [1.29, 1.82) is 0 Å². The fourth-order valence-corrected chi connectivity index (χ4v) is 5.11. The third-order valence-corrected chi connectivity index (χ3v) is 7.01. The van der Waals surface area contributed by atoms with Crippen molar-refractivity contribution in [2.24, 2.45) is 0 Å². The van der Waals surface area contributed by atoms with Crippen molar-refractivity contribution in [2.75, 3.05) is 0 Å². The molecule has 0 aromatic heterocycles. The predicted molar refractivity (Wildman–Crippen MR) is 112 cm³/mol. The molecule has 0 unspecified atom stereocenters. The van der Waals surface area contributed by atoms with Gasteiger partial charge in [-0.15, -0.1) is 0 Å². The van der Waals surface area contributed by atoms with Crippen LogP contribution in [0.15, 0.2) is 54.6 Å². The standard InChI is InChI=1S/C25H31NO2/c1-3-24(4-2)18-21(20-14-8-9-15-22(20)28-24)26-23(27)25(16-10-11-17-25)19-12-6-5-7-13-19/h5-9,12-15,21H,3-4,10-11,16-18H2,1-2H3,(H,26,27)/t21-/m0/s1. The quantitative estimate of drug-likeness (QED) is 0.726. The molecule has 28 heavy (non-hydrogen) atoms. The van der Waals surface area contributed by atoms with Crippen molar-refractivity contribution in [3.63, 3.8) is 0 Å². The summed E-state index contributed by atoms with van der Waals surface area (Å²) in [5, 5.41) is 3.46. The van der Waals surface area contributed by atoms with Gasteiger partial charge in [-0.25, -0.2) is 0 Å². The fourth-order valence-electron chi connectivity index (χ4n) is 5.11. The highest BCUT2D eigenvalue weighted by molar-refractivity contribution is 5.89. The normalized spacial score (nSPS) is 22.1. The summed E-state index contributed by atoms with van der Waals surface area (Å²) in [5.41, 5.74) is 1.66. The van der Waals surface area contributed by atoms with Gasteiger partial charge >= 0.3 is 0 Å². The van der Waals surface area contributed by atoms with Crippen molar-refractivity contribution >= 4 is 5.91 Å². The smallest absolute Gasteiger partial charge is 0.231 e. The molecule has 1 saturated carbocycles. The van der Waals surface area contributed by atoms with Gasteiger partial charge in [-0.1, -0.05) is 75.2 Å². The molecule has 2 aromatic carbocycles. The van der Waals surface area contributed by atoms with E-state index in [4.69, 9.17) is 4.74 Å². The second-order valence-corrected chi connectivity index (χ2v) is 8.42. The van der Waals surface area contributed by atoms with E-state index in [0.717, 1.165) is 61.8 Å². The summed E-state index contributed by atoms with van der Waals surface area (Å²) < 4.78 is 6.41. The highest BCUT2D eigenvalue weighted by atomic mass is 16.5. The Morgan fingerprint density at radius 3 is 2.32 bits per heavy atom. The highest BCUT2D eigenvalue weighted by Crippen LogP contribution is 2.45. The van der Waals surface area contributed by atoms with Crippen LogP contribution in [0.1, 0.15) is 76.0 Å². The molecule has 3 nitrogen and oxygen atoms in total. The molecule has 0 saturated heterocycles. The molecule has 148 valence electrons. The largest absolute Gasteiger partial charge is 0.487 e. The van der Waals surface area contributed by atoms with Gasteiger partial charge in [0, 0.05) is 12.0 Å². The number of amides is 1. The van der Waals surface area contributed by atoms with Gasteiger partial charge in [0.2, 0.25) is 5.91 Å². The van der Waals surface area contributed by atoms with Crippen molar-refractivity contribution < 1.29 is 9.53 Å². The van der Waals surface area contributed by atoms with Crippen molar-refractivity contribution in [2.45, 2.75) is 75.9 Å². The molecule has 1 N–H and O–H groups in total. The van der Waals surface area contributed by atoms with Gasteiger partial charge in [0.25, 0.3) is 0 Å². The average Bonchev–Trinajstić information content (AvgIpc) is 3.25. The predicted octanol–water partition coefficient (Wildman–Crippen LogP) is 5.70. The van der Waals surface area contributed by atoms with E-state index in [9.17, 15) is 4.79 Å². The Kier molecular flexibility index (Phi) is 5.18. The van der Waals surface area contributed by atoms with Gasteiger partial charge in [0.05, 0.1) is 11.5 Å². The van der Waals surface area contributed by atoms with Crippen LogP contribution in [0, 0.1) is 0 Å². The van der Waals surface area contributed by atoms with Crippen LogP contribution < -0.4 is 10.1 Å². The molecule has 3 heteroatoms. The number of ether oxygens (including phenoxy) is 1. The lowest BCUT2D eigenvalue weighted by molar-refractivity contribution is -0.128. The molecule has 1 atom stereocenters. The van der Waals surface area contributed by atoms with Crippen LogP contribution in [0.4, 0.5) is 0 Å². The molecule has 1 aliphatic heterocycles. The number of hydrogen-bond acceptors (Lipinski definition) is 2. The van der Waals surface area contributed by atoms with Gasteiger partial charge in [-0.05, 0) is 37.3 Å². The van der Waals surface area contributed by atoms with Crippen molar-refractivity contribution in [3.05, 3.63) is 65.7 Å². The maximum atomic E-state index is 13.7. The number of rotatable bonds is 5. The molecule has 2 aliphatic rings. The second-order valence-electron chi connectivity index (χ2n) is 8.42. The lowest BCUT2D eigenvalue weighted by Gasteiger charge is -2.42. The summed E-state index contributed by atoms with van der Waals surface area (Å²) in [6.45, 7) is 4.36. The molecule has 2 aromatic rings. The summed E-state index contributed by atoms with van der Waals surface area (Å²) in [4.78, 5) is 13.7. The van der Waals surface area contributed by atoms with E-state index in [1.165, 1.54) is 0 Å². The lowest BCUT2D eigenvalue weighted by Crippen LogP contribution is -2.49. The minimum atomic E-state index is -0.393. The van der Waals surface area contributed by atoms with Gasteiger partial charge < -0.3 is 10.1 Å². The summed E-state index contributed by atoms with van der Waals surface area (Å²) in [7, 11) is 0. The first kappa shape index (κ1) is 19.0. The second kappa shape index (κ2) is 7.62. The molecular formula is C25H31NO2. The molecular weight excluding hydrogens is 346 g/mol.